The summed E-state index contributed by atoms with van der Waals surface area (Å²) >= 11 is 1.67. The molecule has 0 atom stereocenters. The fourth-order valence-electron chi connectivity index (χ4n) is 3.30. The Hall–Kier alpha value is -3.18. The van der Waals surface area contributed by atoms with Gasteiger partial charge in [0, 0.05) is 25.4 Å². The van der Waals surface area contributed by atoms with E-state index >= 15 is 0 Å². The lowest BCUT2D eigenvalue weighted by atomic mass is 9.98. The topological polar surface area (TPSA) is 46.9 Å². The van der Waals surface area contributed by atoms with Crippen molar-refractivity contribution in [1.82, 2.24) is 15.1 Å². The Morgan fingerprint density at radius 3 is 2.62 bits per heavy atom. The third kappa shape index (κ3) is 5.21. The molecule has 4 nitrogen and oxygen atoms in total. The van der Waals surface area contributed by atoms with Crippen molar-refractivity contribution in [3.8, 4) is 11.1 Å². The van der Waals surface area contributed by atoms with Crippen molar-refractivity contribution >= 4 is 17.2 Å². The van der Waals surface area contributed by atoms with Crippen molar-refractivity contribution < 1.29 is 4.79 Å². The number of carbonyl (C=O) groups excluding carboxylic acids is 1. The number of aromatic nitrogens is 2. The summed E-state index contributed by atoms with van der Waals surface area (Å²) in [5.74, 6) is 0.0839. The molecule has 0 saturated heterocycles. The monoisotopic (exact) mass is 401 g/mol. The summed E-state index contributed by atoms with van der Waals surface area (Å²) in [4.78, 5) is 12.2. The smallest absolute Gasteiger partial charge is 0.220 e. The fourth-order valence-corrected chi connectivity index (χ4v) is 4.00. The summed E-state index contributed by atoms with van der Waals surface area (Å²) in [5, 5.41) is 11.5. The predicted molar refractivity (Wildman–Crippen MR) is 118 cm³/mol. The molecule has 0 fully saturated rings. The molecule has 2 aromatic heterocycles. The van der Waals surface area contributed by atoms with Gasteiger partial charge in [0.2, 0.25) is 5.91 Å². The molecule has 0 radical (unpaired) electrons. The van der Waals surface area contributed by atoms with Crippen LogP contribution in [0.3, 0.4) is 0 Å². The van der Waals surface area contributed by atoms with Crippen LogP contribution in [-0.2, 0) is 24.3 Å². The van der Waals surface area contributed by atoms with Crippen molar-refractivity contribution in [1.29, 1.82) is 0 Å². The Kier molecular flexibility index (Phi) is 6.17. The number of carbonyl (C=O) groups is 1. The number of hydrogen-bond donors (Lipinski definition) is 1. The number of rotatable bonds is 8. The molecule has 0 saturated carbocycles. The highest BCUT2D eigenvalue weighted by molar-refractivity contribution is 7.07. The van der Waals surface area contributed by atoms with Crippen LogP contribution in [0.4, 0.5) is 0 Å². The molecule has 5 heteroatoms. The maximum absolute atomic E-state index is 12.2. The minimum Gasteiger partial charge on any atom is -0.352 e. The van der Waals surface area contributed by atoms with E-state index in [1.165, 1.54) is 11.1 Å². The van der Waals surface area contributed by atoms with E-state index in [1.54, 1.807) is 17.5 Å². The number of hydrogen-bond acceptors (Lipinski definition) is 3. The van der Waals surface area contributed by atoms with Gasteiger partial charge in [0.15, 0.2) is 0 Å². The molecule has 1 amide bonds. The van der Waals surface area contributed by atoms with Crippen LogP contribution in [0.5, 0.6) is 0 Å². The molecule has 0 unspecified atom stereocenters. The molecule has 4 aromatic rings. The SMILES string of the molecule is O=C(CCc1ccsc1)NCc1ccccc1-c1ccc(Cn2cccn2)cc1. The first kappa shape index (κ1) is 19.2. The number of amides is 1. The van der Waals surface area contributed by atoms with E-state index in [2.05, 4.69) is 58.3 Å². The van der Waals surface area contributed by atoms with E-state index in [0.29, 0.717) is 13.0 Å². The maximum Gasteiger partial charge on any atom is 0.220 e. The first-order valence-electron chi connectivity index (χ1n) is 9.70. The Morgan fingerprint density at radius 1 is 1.00 bits per heavy atom. The van der Waals surface area contributed by atoms with Gasteiger partial charge < -0.3 is 5.32 Å². The summed E-state index contributed by atoms with van der Waals surface area (Å²) in [6.07, 6.45) is 5.05. The standard InChI is InChI=1S/C24H23N3OS/c28-24(11-8-20-12-15-29-18-20)25-16-22-4-1-2-5-23(22)21-9-6-19(7-10-21)17-27-14-3-13-26-27/h1-7,9-10,12-15,18H,8,11,16-17H2,(H,25,28). The van der Waals surface area contributed by atoms with Gasteiger partial charge in [0.1, 0.15) is 0 Å². The zero-order chi connectivity index (χ0) is 19.9. The lowest BCUT2D eigenvalue weighted by Crippen LogP contribution is -2.23. The van der Waals surface area contributed by atoms with E-state index in [1.807, 2.05) is 34.5 Å². The van der Waals surface area contributed by atoms with Crippen LogP contribution in [-0.4, -0.2) is 15.7 Å². The summed E-state index contributed by atoms with van der Waals surface area (Å²) in [7, 11) is 0. The summed E-state index contributed by atoms with van der Waals surface area (Å²) in [6, 6.07) is 20.8. The maximum atomic E-state index is 12.2. The minimum atomic E-state index is 0.0839. The van der Waals surface area contributed by atoms with Gasteiger partial charge in [0.05, 0.1) is 6.54 Å². The van der Waals surface area contributed by atoms with Crippen LogP contribution in [0.15, 0.2) is 83.8 Å². The summed E-state index contributed by atoms with van der Waals surface area (Å²) in [5.41, 5.74) is 5.85. The average molecular weight is 402 g/mol. The Labute approximate surface area is 174 Å². The minimum absolute atomic E-state index is 0.0839. The van der Waals surface area contributed by atoms with Crippen LogP contribution in [0.25, 0.3) is 11.1 Å². The predicted octanol–water partition coefficient (Wildman–Crippen LogP) is 4.91. The molecule has 2 heterocycles. The number of nitrogens with zero attached hydrogens (tertiary/aromatic N) is 2. The first-order chi connectivity index (χ1) is 14.3. The second-order valence-corrected chi connectivity index (χ2v) is 7.75. The Balaban J connectivity index is 1.39. The molecule has 29 heavy (non-hydrogen) atoms. The lowest BCUT2D eigenvalue weighted by molar-refractivity contribution is -0.121. The third-order valence-corrected chi connectivity index (χ3v) is 5.61. The van der Waals surface area contributed by atoms with Gasteiger partial charge in [-0.1, -0.05) is 48.5 Å². The summed E-state index contributed by atoms with van der Waals surface area (Å²) < 4.78 is 1.91. The Morgan fingerprint density at radius 2 is 1.86 bits per heavy atom. The zero-order valence-electron chi connectivity index (χ0n) is 16.1. The van der Waals surface area contributed by atoms with E-state index in [-0.39, 0.29) is 5.91 Å². The molecule has 146 valence electrons. The normalized spacial score (nSPS) is 10.8. The molecule has 0 aliphatic rings. The highest BCUT2D eigenvalue weighted by atomic mass is 32.1. The molecule has 0 aliphatic carbocycles. The zero-order valence-corrected chi connectivity index (χ0v) is 16.9. The first-order valence-corrected chi connectivity index (χ1v) is 10.6. The van der Waals surface area contributed by atoms with Crippen molar-refractivity contribution in [2.75, 3.05) is 0 Å². The van der Waals surface area contributed by atoms with E-state index in [4.69, 9.17) is 0 Å². The van der Waals surface area contributed by atoms with Crippen LogP contribution in [0.2, 0.25) is 0 Å². The van der Waals surface area contributed by atoms with Gasteiger partial charge in [-0.2, -0.15) is 16.4 Å². The van der Waals surface area contributed by atoms with E-state index in [0.717, 1.165) is 29.7 Å². The van der Waals surface area contributed by atoms with Crippen molar-refractivity contribution in [3.05, 3.63) is 101 Å². The number of benzene rings is 2. The van der Waals surface area contributed by atoms with Crippen LogP contribution in [0, 0.1) is 0 Å². The number of thiophene rings is 1. The van der Waals surface area contributed by atoms with Gasteiger partial charge in [-0.25, -0.2) is 0 Å². The summed E-state index contributed by atoms with van der Waals surface area (Å²) in [6.45, 7) is 1.29. The number of aryl methyl sites for hydroxylation is 1. The second-order valence-electron chi connectivity index (χ2n) is 6.97. The van der Waals surface area contributed by atoms with Gasteiger partial charge in [0.25, 0.3) is 0 Å². The van der Waals surface area contributed by atoms with Crippen molar-refractivity contribution in [2.24, 2.45) is 0 Å². The van der Waals surface area contributed by atoms with Crippen molar-refractivity contribution in [3.63, 3.8) is 0 Å². The largest absolute Gasteiger partial charge is 0.352 e. The highest BCUT2D eigenvalue weighted by Crippen LogP contribution is 2.24. The molecule has 4 rings (SSSR count). The quantitative estimate of drug-likeness (QED) is 0.456. The lowest BCUT2D eigenvalue weighted by Gasteiger charge is -2.12. The van der Waals surface area contributed by atoms with Gasteiger partial charge >= 0.3 is 0 Å². The van der Waals surface area contributed by atoms with Gasteiger partial charge in [-0.05, 0) is 57.1 Å². The van der Waals surface area contributed by atoms with Crippen LogP contribution >= 0.6 is 11.3 Å². The molecule has 2 aromatic carbocycles. The van der Waals surface area contributed by atoms with Crippen LogP contribution < -0.4 is 5.32 Å². The second kappa shape index (κ2) is 9.34. The molecule has 0 bridgehead atoms. The number of nitrogens with one attached hydrogen (secondary N) is 1. The molecule has 0 spiro atoms. The van der Waals surface area contributed by atoms with Gasteiger partial charge in [-0.15, -0.1) is 0 Å². The third-order valence-electron chi connectivity index (χ3n) is 4.88. The molecular formula is C24H23N3OS. The highest BCUT2D eigenvalue weighted by Gasteiger charge is 2.08. The van der Waals surface area contributed by atoms with Crippen molar-refractivity contribution in [2.45, 2.75) is 25.9 Å². The van der Waals surface area contributed by atoms with Gasteiger partial charge in [-0.3, -0.25) is 9.48 Å². The fraction of sp³-hybridized carbons (Fsp3) is 0.167. The Bertz CT molecular complexity index is 1040. The van der Waals surface area contributed by atoms with E-state index < -0.39 is 0 Å². The molecule has 0 aliphatic heterocycles. The molecular weight excluding hydrogens is 378 g/mol. The average Bonchev–Trinajstić information content (AvgIpc) is 3.46. The van der Waals surface area contributed by atoms with E-state index in [9.17, 15) is 4.79 Å². The molecule has 1 N–H and O–H groups in total. The van der Waals surface area contributed by atoms with Crippen LogP contribution in [0.1, 0.15) is 23.1 Å².